The van der Waals surface area contributed by atoms with Crippen molar-refractivity contribution in [2.75, 3.05) is 5.32 Å². The smallest absolute Gasteiger partial charge is 0.255 e. The number of anilines is 1. The fourth-order valence-electron chi connectivity index (χ4n) is 2.16. The van der Waals surface area contributed by atoms with Gasteiger partial charge in [-0.25, -0.2) is 0 Å². The molecule has 0 saturated carbocycles. The molecule has 0 fully saturated rings. The van der Waals surface area contributed by atoms with Crippen LogP contribution >= 0.6 is 0 Å². The summed E-state index contributed by atoms with van der Waals surface area (Å²) >= 11 is 0. The van der Waals surface area contributed by atoms with Crippen molar-refractivity contribution in [3.63, 3.8) is 0 Å². The van der Waals surface area contributed by atoms with Crippen molar-refractivity contribution >= 4 is 11.6 Å². The van der Waals surface area contributed by atoms with Gasteiger partial charge in [-0.05, 0) is 44.0 Å². The fraction of sp³-hybridized carbons (Fsp3) is 0.235. The van der Waals surface area contributed by atoms with Crippen LogP contribution in [0.3, 0.4) is 0 Å². The number of carbonyl (C=O) groups is 1. The van der Waals surface area contributed by atoms with Crippen molar-refractivity contribution in [1.82, 2.24) is 0 Å². The monoisotopic (exact) mass is 269 g/mol. The lowest BCUT2D eigenvalue weighted by Gasteiger charge is -2.14. The van der Waals surface area contributed by atoms with Gasteiger partial charge in [-0.2, -0.15) is 0 Å². The van der Waals surface area contributed by atoms with Crippen LogP contribution in [0.25, 0.3) is 0 Å². The van der Waals surface area contributed by atoms with E-state index in [9.17, 15) is 9.90 Å². The predicted molar refractivity (Wildman–Crippen MR) is 80.9 cm³/mol. The molecule has 0 heterocycles. The maximum atomic E-state index is 12.4. The van der Waals surface area contributed by atoms with E-state index in [1.54, 1.807) is 13.0 Å². The number of aliphatic hydroxyl groups is 1. The van der Waals surface area contributed by atoms with E-state index in [1.807, 2.05) is 50.2 Å². The van der Waals surface area contributed by atoms with Gasteiger partial charge in [0.2, 0.25) is 0 Å². The Bertz CT molecular complexity index is 633. The van der Waals surface area contributed by atoms with E-state index in [1.165, 1.54) is 0 Å². The highest BCUT2D eigenvalue weighted by Crippen LogP contribution is 2.23. The first kappa shape index (κ1) is 14.3. The van der Waals surface area contributed by atoms with Crippen LogP contribution in [-0.2, 0) is 0 Å². The van der Waals surface area contributed by atoms with Gasteiger partial charge in [0.25, 0.3) is 5.91 Å². The van der Waals surface area contributed by atoms with Gasteiger partial charge in [0.1, 0.15) is 0 Å². The largest absolute Gasteiger partial charge is 0.389 e. The molecule has 0 spiro atoms. The van der Waals surface area contributed by atoms with Crippen LogP contribution in [0.4, 0.5) is 5.69 Å². The summed E-state index contributed by atoms with van der Waals surface area (Å²) in [5.74, 6) is -0.153. The second-order valence-corrected chi connectivity index (χ2v) is 4.96. The zero-order chi connectivity index (χ0) is 14.7. The van der Waals surface area contributed by atoms with Crippen molar-refractivity contribution in [3.8, 4) is 0 Å². The van der Waals surface area contributed by atoms with Crippen LogP contribution in [0.1, 0.15) is 40.1 Å². The third kappa shape index (κ3) is 2.89. The highest BCUT2D eigenvalue weighted by molar-refractivity contribution is 6.05. The van der Waals surface area contributed by atoms with E-state index >= 15 is 0 Å². The molecular formula is C17H19NO2. The van der Waals surface area contributed by atoms with Gasteiger partial charge >= 0.3 is 0 Å². The molecule has 0 aliphatic heterocycles. The summed E-state index contributed by atoms with van der Waals surface area (Å²) in [7, 11) is 0. The Labute approximate surface area is 119 Å². The lowest BCUT2D eigenvalue weighted by atomic mass is 10.0. The molecule has 0 radical (unpaired) electrons. The summed E-state index contributed by atoms with van der Waals surface area (Å²) < 4.78 is 0. The molecule has 2 rings (SSSR count). The highest BCUT2D eigenvalue weighted by atomic mass is 16.3. The zero-order valence-corrected chi connectivity index (χ0v) is 12.0. The molecule has 3 nitrogen and oxygen atoms in total. The van der Waals surface area contributed by atoms with Crippen LogP contribution in [0.2, 0.25) is 0 Å². The Balaban J connectivity index is 2.31. The molecule has 1 unspecified atom stereocenters. The SMILES string of the molecule is Cc1cccc(C(=O)Nc2ccccc2C(C)O)c1C. The molecule has 20 heavy (non-hydrogen) atoms. The molecule has 1 amide bonds. The Morgan fingerprint density at radius 2 is 1.80 bits per heavy atom. The van der Waals surface area contributed by atoms with Gasteiger partial charge in [-0.1, -0.05) is 30.3 Å². The lowest BCUT2D eigenvalue weighted by Crippen LogP contribution is -2.15. The number of aliphatic hydroxyl groups excluding tert-OH is 1. The molecule has 3 heteroatoms. The number of carbonyl (C=O) groups excluding carboxylic acids is 1. The van der Waals surface area contributed by atoms with Crippen LogP contribution < -0.4 is 5.32 Å². The normalized spacial score (nSPS) is 12.0. The minimum absolute atomic E-state index is 0.153. The predicted octanol–water partition coefficient (Wildman–Crippen LogP) is 3.61. The van der Waals surface area contributed by atoms with Gasteiger partial charge < -0.3 is 10.4 Å². The van der Waals surface area contributed by atoms with Gasteiger partial charge in [0.15, 0.2) is 0 Å². The molecule has 1 atom stereocenters. The van der Waals surface area contributed by atoms with E-state index in [-0.39, 0.29) is 5.91 Å². The standard InChI is InChI=1S/C17H19NO2/c1-11-7-6-9-14(12(11)2)17(20)18-16-10-5-4-8-15(16)13(3)19/h4-10,13,19H,1-3H3,(H,18,20). The summed E-state index contributed by atoms with van der Waals surface area (Å²) in [5.41, 5.74) is 4.07. The lowest BCUT2D eigenvalue weighted by molar-refractivity contribution is 0.102. The minimum Gasteiger partial charge on any atom is -0.389 e. The first-order chi connectivity index (χ1) is 9.50. The maximum absolute atomic E-state index is 12.4. The Morgan fingerprint density at radius 1 is 1.10 bits per heavy atom. The second kappa shape index (κ2) is 5.88. The number of amides is 1. The summed E-state index contributed by atoms with van der Waals surface area (Å²) in [6, 6.07) is 12.9. The number of benzene rings is 2. The van der Waals surface area contributed by atoms with E-state index in [0.717, 1.165) is 11.1 Å². The summed E-state index contributed by atoms with van der Waals surface area (Å²) in [6.07, 6.45) is -0.620. The third-order valence-corrected chi connectivity index (χ3v) is 3.51. The quantitative estimate of drug-likeness (QED) is 0.894. The van der Waals surface area contributed by atoms with Crippen molar-refractivity contribution in [1.29, 1.82) is 0 Å². The summed E-state index contributed by atoms with van der Waals surface area (Å²) in [4.78, 5) is 12.4. The van der Waals surface area contributed by atoms with Crippen LogP contribution in [0.5, 0.6) is 0 Å². The molecule has 0 aliphatic carbocycles. The number of aryl methyl sites for hydroxylation is 1. The molecule has 0 aromatic heterocycles. The van der Waals surface area contributed by atoms with E-state index in [2.05, 4.69) is 5.32 Å². The van der Waals surface area contributed by atoms with Crippen molar-refractivity contribution in [2.45, 2.75) is 26.9 Å². The number of hydrogen-bond donors (Lipinski definition) is 2. The number of para-hydroxylation sites is 1. The highest BCUT2D eigenvalue weighted by Gasteiger charge is 2.13. The summed E-state index contributed by atoms with van der Waals surface area (Å²) in [6.45, 7) is 5.60. The summed E-state index contributed by atoms with van der Waals surface area (Å²) in [5, 5.41) is 12.6. The molecule has 2 aromatic carbocycles. The average Bonchev–Trinajstić information content (AvgIpc) is 2.42. The topological polar surface area (TPSA) is 49.3 Å². The third-order valence-electron chi connectivity index (χ3n) is 3.51. The van der Waals surface area contributed by atoms with Gasteiger partial charge in [-0.3, -0.25) is 4.79 Å². The van der Waals surface area contributed by atoms with E-state index < -0.39 is 6.10 Å². The van der Waals surface area contributed by atoms with Crippen molar-refractivity contribution < 1.29 is 9.90 Å². The number of nitrogens with one attached hydrogen (secondary N) is 1. The molecular weight excluding hydrogens is 250 g/mol. The minimum atomic E-state index is -0.620. The van der Waals surface area contributed by atoms with E-state index in [0.29, 0.717) is 16.8 Å². The molecule has 0 bridgehead atoms. The number of rotatable bonds is 3. The van der Waals surface area contributed by atoms with Gasteiger partial charge in [0, 0.05) is 16.8 Å². The first-order valence-corrected chi connectivity index (χ1v) is 6.65. The van der Waals surface area contributed by atoms with Crippen LogP contribution in [-0.4, -0.2) is 11.0 Å². The maximum Gasteiger partial charge on any atom is 0.255 e. The number of hydrogen-bond acceptors (Lipinski definition) is 2. The van der Waals surface area contributed by atoms with Gasteiger partial charge in [0.05, 0.1) is 6.10 Å². The average molecular weight is 269 g/mol. The zero-order valence-electron chi connectivity index (χ0n) is 12.0. The second-order valence-electron chi connectivity index (χ2n) is 4.96. The Hall–Kier alpha value is -2.13. The van der Waals surface area contributed by atoms with Gasteiger partial charge in [-0.15, -0.1) is 0 Å². The molecule has 0 saturated heterocycles. The van der Waals surface area contributed by atoms with Crippen molar-refractivity contribution in [3.05, 3.63) is 64.7 Å². The molecule has 2 aromatic rings. The molecule has 0 aliphatic rings. The molecule has 2 N–H and O–H groups in total. The Kier molecular flexibility index (Phi) is 4.20. The molecule has 104 valence electrons. The Morgan fingerprint density at radius 3 is 2.50 bits per heavy atom. The first-order valence-electron chi connectivity index (χ1n) is 6.65. The van der Waals surface area contributed by atoms with Crippen molar-refractivity contribution in [2.24, 2.45) is 0 Å². The fourth-order valence-corrected chi connectivity index (χ4v) is 2.16. The van der Waals surface area contributed by atoms with Crippen LogP contribution in [0.15, 0.2) is 42.5 Å². The van der Waals surface area contributed by atoms with Crippen LogP contribution in [0, 0.1) is 13.8 Å². The van der Waals surface area contributed by atoms with E-state index in [4.69, 9.17) is 0 Å².